The molecule has 2 N–H and O–H groups in total. The van der Waals surface area contributed by atoms with Crippen molar-refractivity contribution in [3.63, 3.8) is 0 Å². The van der Waals surface area contributed by atoms with Crippen LogP contribution in [0.3, 0.4) is 0 Å². The standard InChI is InChI=1S/C12H9ClIN3O2/c1-6-8(11(18)19)5-15-12(16-6)17-10-3-2-7(13)4-9(10)14/h2-5H,1H3,(H,18,19)(H,15,16,17). The van der Waals surface area contributed by atoms with Crippen molar-refractivity contribution in [2.45, 2.75) is 6.92 Å². The molecule has 1 aromatic carbocycles. The maximum absolute atomic E-state index is 10.9. The van der Waals surface area contributed by atoms with Gasteiger partial charge in [-0.25, -0.2) is 14.8 Å². The number of aryl methyl sites for hydroxylation is 1. The zero-order valence-corrected chi connectivity index (χ0v) is 12.7. The molecule has 98 valence electrons. The van der Waals surface area contributed by atoms with E-state index in [0.29, 0.717) is 16.7 Å². The molecule has 0 bridgehead atoms. The average Bonchev–Trinajstić information content (AvgIpc) is 2.32. The molecule has 0 aliphatic heterocycles. The lowest BCUT2D eigenvalue weighted by Crippen LogP contribution is -2.06. The molecule has 0 fully saturated rings. The quantitative estimate of drug-likeness (QED) is 0.786. The Bertz CT molecular complexity index is 649. The Hall–Kier alpha value is -1.41. The second-order valence-corrected chi connectivity index (χ2v) is 5.35. The van der Waals surface area contributed by atoms with Gasteiger partial charge >= 0.3 is 5.97 Å². The topological polar surface area (TPSA) is 75.1 Å². The lowest BCUT2D eigenvalue weighted by Gasteiger charge is -2.08. The zero-order chi connectivity index (χ0) is 14.0. The van der Waals surface area contributed by atoms with E-state index in [2.05, 4.69) is 37.9 Å². The molecule has 5 nitrogen and oxygen atoms in total. The minimum Gasteiger partial charge on any atom is -0.478 e. The number of benzene rings is 1. The fourth-order valence-corrected chi connectivity index (χ4v) is 2.45. The van der Waals surface area contributed by atoms with E-state index in [1.807, 2.05) is 12.1 Å². The Labute approximate surface area is 128 Å². The van der Waals surface area contributed by atoms with Crippen molar-refractivity contribution in [3.05, 3.63) is 44.2 Å². The highest BCUT2D eigenvalue weighted by atomic mass is 127. The van der Waals surface area contributed by atoms with E-state index in [4.69, 9.17) is 16.7 Å². The van der Waals surface area contributed by atoms with Crippen LogP contribution in [0.5, 0.6) is 0 Å². The van der Waals surface area contributed by atoms with Crippen LogP contribution in [-0.4, -0.2) is 21.0 Å². The van der Waals surface area contributed by atoms with Crippen LogP contribution in [-0.2, 0) is 0 Å². The fourth-order valence-electron chi connectivity index (χ4n) is 1.45. The summed E-state index contributed by atoms with van der Waals surface area (Å²) in [5.74, 6) is -0.687. The monoisotopic (exact) mass is 389 g/mol. The van der Waals surface area contributed by atoms with Crippen LogP contribution >= 0.6 is 34.2 Å². The lowest BCUT2D eigenvalue weighted by atomic mass is 10.2. The van der Waals surface area contributed by atoms with E-state index in [1.165, 1.54) is 6.20 Å². The van der Waals surface area contributed by atoms with Gasteiger partial charge in [0.05, 0.1) is 16.9 Å². The van der Waals surface area contributed by atoms with Gasteiger partial charge in [0, 0.05) is 14.8 Å². The minimum absolute atomic E-state index is 0.0938. The first-order valence-corrected chi connectivity index (χ1v) is 6.72. The van der Waals surface area contributed by atoms with Crippen LogP contribution < -0.4 is 5.32 Å². The molecular formula is C12H9ClIN3O2. The number of hydrogen-bond donors (Lipinski definition) is 2. The number of nitrogens with zero attached hydrogens (tertiary/aromatic N) is 2. The number of rotatable bonds is 3. The van der Waals surface area contributed by atoms with Crippen molar-refractivity contribution in [1.29, 1.82) is 0 Å². The molecule has 0 unspecified atom stereocenters. The van der Waals surface area contributed by atoms with Crippen LogP contribution in [0.4, 0.5) is 11.6 Å². The highest BCUT2D eigenvalue weighted by molar-refractivity contribution is 14.1. The number of carbonyl (C=O) groups is 1. The summed E-state index contributed by atoms with van der Waals surface area (Å²) in [5.41, 5.74) is 1.32. The number of anilines is 2. The number of nitrogens with one attached hydrogen (secondary N) is 1. The number of halogens is 2. The van der Waals surface area contributed by atoms with Gasteiger partial charge in [-0.1, -0.05) is 11.6 Å². The SMILES string of the molecule is Cc1nc(Nc2ccc(Cl)cc2I)ncc1C(=O)O. The zero-order valence-electron chi connectivity index (χ0n) is 9.82. The molecule has 1 aromatic heterocycles. The van der Waals surface area contributed by atoms with Crippen molar-refractivity contribution in [2.24, 2.45) is 0 Å². The maximum atomic E-state index is 10.9. The number of aromatic carboxylic acids is 1. The second-order valence-electron chi connectivity index (χ2n) is 3.75. The summed E-state index contributed by atoms with van der Waals surface area (Å²) in [6, 6.07) is 5.38. The summed E-state index contributed by atoms with van der Waals surface area (Å²) < 4.78 is 0.925. The van der Waals surface area contributed by atoms with E-state index in [-0.39, 0.29) is 5.56 Å². The summed E-state index contributed by atoms with van der Waals surface area (Å²) in [4.78, 5) is 19.0. The van der Waals surface area contributed by atoms with Gasteiger partial charge in [0.1, 0.15) is 0 Å². The van der Waals surface area contributed by atoms with Gasteiger partial charge in [-0.2, -0.15) is 0 Å². The summed E-state index contributed by atoms with van der Waals surface area (Å²) in [7, 11) is 0. The van der Waals surface area contributed by atoms with Crippen LogP contribution in [0.1, 0.15) is 16.1 Å². The second kappa shape index (κ2) is 5.70. The molecule has 19 heavy (non-hydrogen) atoms. The van der Waals surface area contributed by atoms with E-state index in [1.54, 1.807) is 13.0 Å². The highest BCUT2D eigenvalue weighted by Crippen LogP contribution is 2.24. The molecule has 2 rings (SSSR count). The summed E-state index contributed by atoms with van der Waals surface area (Å²) in [6.45, 7) is 1.63. The van der Waals surface area contributed by atoms with E-state index >= 15 is 0 Å². The summed E-state index contributed by atoms with van der Waals surface area (Å²) in [6.07, 6.45) is 1.29. The normalized spacial score (nSPS) is 10.3. The Morgan fingerprint density at radius 2 is 2.21 bits per heavy atom. The van der Waals surface area contributed by atoms with Crippen LogP contribution in [0.2, 0.25) is 5.02 Å². The van der Waals surface area contributed by atoms with Gasteiger partial charge in [-0.3, -0.25) is 0 Å². The first kappa shape index (κ1) is 14.0. The first-order valence-electron chi connectivity index (χ1n) is 5.26. The summed E-state index contributed by atoms with van der Waals surface area (Å²) >= 11 is 8.01. The van der Waals surface area contributed by atoms with Crippen LogP contribution in [0, 0.1) is 10.5 Å². The largest absolute Gasteiger partial charge is 0.478 e. The van der Waals surface area contributed by atoms with Crippen LogP contribution in [0.15, 0.2) is 24.4 Å². The van der Waals surface area contributed by atoms with Gasteiger partial charge in [0.25, 0.3) is 0 Å². The van der Waals surface area contributed by atoms with Gasteiger partial charge in [0.2, 0.25) is 5.95 Å². The predicted octanol–water partition coefficient (Wildman–Crippen LogP) is 3.48. The highest BCUT2D eigenvalue weighted by Gasteiger charge is 2.10. The molecule has 0 saturated carbocycles. The Morgan fingerprint density at radius 1 is 1.47 bits per heavy atom. The Kier molecular flexibility index (Phi) is 4.20. The minimum atomic E-state index is -1.04. The maximum Gasteiger partial charge on any atom is 0.339 e. The molecule has 0 saturated heterocycles. The van der Waals surface area contributed by atoms with Gasteiger partial charge in [-0.15, -0.1) is 0 Å². The van der Waals surface area contributed by atoms with Crippen molar-refractivity contribution in [1.82, 2.24) is 9.97 Å². The molecule has 1 heterocycles. The number of carboxylic acids is 1. The summed E-state index contributed by atoms with van der Waals surface area (Å²) in [5, 5.41) is 12.6. The first-order chi connectivity index (χ1) is 8.97. The molecule has 0 amide bonds. The van der Waals surface area contributed by atoms with E-state index < -0.39 is 5.97 Å². The number of carboxylic acid groups (broad SMARTS) is 1. The lowest BCUT2D eigenvalue weighted by molar-refractivity contribution is 0.0695. The molecular weight excluding hydrogens is 381 g/mol. The smallest absolute Gasteiger partial charge is 0.339 e. The van der Waals surface area contributed by atoms with Gasteiger partial charge in [-0.05, 0) is 47.7 Å². The van der Waals surface area contributed by atoms with Crippen molar-refractivity contribution < 1.29 is 9.90 Å². The van der Waals surface area contributed by atoms with Crippen molar-refractivity contribution in [2.75, 3.05) is 5.32 Å². The molecule has 2 aromatic rings. The van der Waals surface area contributed by atoms with E-state index in [0.717, 1.165) is 9.26 Å². The average molecular weight is 390 g/mol. The Morgan fingerprint density at radius 3 is 2.79 bits per heavy atom. The van der Waals surface area contributed by atoms with Crippen molar-refractivity contribution >= 4 is 51.8 Å². The fraction of sp³-hybridized carbons (Fsp3) is 0.0833. The molecule has 0 spiro atoms. The molecule has 7 heteroatoms. The molecule has 0 aliphatic rings. The molecule has 0 aliphatic carbocycles. The third-order valence-electron chi connectivity index (χ3n) is 2.39. The number of hydrogen-bond acceptors (Lipinski definition) is 4. The van der Waals surface area contributed by atoms with Gasteiger partial charge < -0.3 is 10.4 Å². The van der Waals surface area contributed by atoms with E-state index in [9.17, 15) is 4.79 Å². The predicted molar refractivity (Wildman–Crippen MR) is 81.2 cm³/mol. The van der Waals surface area contributed by atoms with Crippen molar-refractivity contribution in [3.8, 4) is 0 Å². The van der Waals surface area contributed by atoms with Gasteiger partial charge in [0.15, 0.2) is 0 Å². The third-order valence-corrected chi connectivity index (χ3v) is 3.51. The molecule has 0 atom stereocenters. The van der Waals surface area contributed by atoms with Crippen LogP contribution in [0.25, 0.3) is 0 Å². The third kappa shape index (κ3) is 3.32. The Balaban J connectivity index is 2.29. The number of aromatic nitrogens is 2. The molecule has 0 radical (unpaired) electrons.